The van der Waals surface area contributed by atoms with Crippen molar-refractivity contribution in [3.63, 3.8) is 0 Å². The van der Waals surface area contributed by atoms with Gasteiger partial charge in [-0.2, -0.15) is 22.0 Å². The number of halogens is 7. The minimum absolute atomic E-state index is 0.246. The fourth-order valence-corrected chi connectivity index (χ4v) is 1.39. The highest BCUT2D eigenvalue weighted by molar-refractivity contribution is 5.93. The van der Waals surface area contributed by atoms with Crippen LogP contribution in [0.4, 0.5) is 30.7 Å². The Morgan fingerprint density at radius 3 is 2.30 bits per heavy atom. The number of hydrogen-bond acceptors (Lipinski definition) is 3. The molecular weight excluding hydrogens is 337 g/mol. The van der Waals surface area contributed by atoms with Crippen molar-refractivity contribution in [2.45, 2.75) is 18.5 Å². The Bertz CT molecular complexity index is 531. The van der Waals surface area contributed by atoms with Crippen LogP contribution in [0.3, 0.4) is 0 Å². The summed E-state index contributed by atoms with van der Waals surface area (Å²) in [7, 11) is 0.920. The van der Waals surface area contributed by atoms with E-state index in [2.05, 4.69) is 9.72 Å². The van der Waals surface area contributed by atoms with Crippen molar-refractivity contribution in [3.8, 4) is 5.88 Å². The van der Waals surface area contributed by atoms with Gasteiger partial charge in [-0.15, -0.1) is 0 Å². The van der Waals surface area contributed by atoms with Crippen LogP contribution in [0.25, 0.3) is 0 Å². The number of hydrogen-bond donors (Lipinski definition) is 0. The van der Waals surface area contributed by atoms with Gasteiger partial charge < -0.3 is 9.64 Å². The zero-order valence-corrected chi connectivity index (χ0v) is 11.6. The molecule has 0 aliphatic carbocycles. The van der Waals surface area contributed by atoms with Crippen molar-refractivity contribution in [3.05, 3.63) is 23.9 Å². The van der Waals surface area contributed by atoms with Crippen molar-refractivity contribution < 1.29 is 40.3 Å². The van der Waals surface area contributed by atoms with Crippen LogP contribution < -0.4 is 4.74 Å². The van der Waals surface area contributed by atoms with Crippen LogP contribution in [0.1, 0.15) is 10.4 Å². The molecule has 0 unspecified atom stereocenters. The summed E-state index contributed by atoms with van der Waals surface area (Å²) in [6.07, 6.45) is -7.70. The number of carbonyl (C=O) groups is 1. The van der Waals surface area contributed by atoms with Crippen molar-refractivity contribution >= 4 is 5.91 Å². The zero-order valence-electron chi connectivity index (χ0n) is 11.6. The third-order valence-electron chi connectivity index (χ3n) is 2.48. The Labute approximate surface area is 125 Å². The van der Waals surface area contributed by atoms with E-state index < -0.39 is 43.5 Å². The number of alkyl halides is 7. The lowest BCUT2D eigenvalue weighted by molar-refractivity contribution is -0.148. The summed E-state index contributed by atoms with van der Waals surface area (Å²) in [5, 5.41) is 0. The summed E-state index contributed by atoms with van der Waals surface area (Å²) < 4.78 is 89.9. The van der Waals surface area contributed by atoms with E-state index in [4.69, 9.17) is 0 Å². The van der Waals surface area contributed by atoms with Crippen LogP contribution >= 0.6 is 0 Å². The summed E-state index contributed by atoms with van der Waals surface area (Å²) >= 11 is 0. The normalized spacial score (nSPS) is 12.4. The lowest BCUT2D eigenvalue weighted by Crippen LogP contribution is -2.36. The molecule has 0 spiro atoms. The van der Waals surface area contributed by atoms with E-state index in [1.54, 1.807) is 0 Å². The van der Waals surface area contributed by atoms with Gasteiger partial charge in [0.05, 0.1) is 5.56 Å². The molecule has 0 saturated heterocycles. The van der Waals surface area contributed by atoms with Gasteiger partial charge in [-0.05, 0) is 6.07 Å². The van der Waals surface area contributed by atoms with E-state index in [0.29, 0.717) is 4.90 Å². The molecule has 0 aliphatic heterocycles. The molecule has 0 radical (unpaired) electrons. The van der Waals surface area contributed by atoms with Gasteiger partial charge in [0.2, 0.25) is 5.88 Å². The first-order chi connectivity index (χ1) is 10.4. The lowest BCUT2D eigenvalue weighted by Gasteiger charge is -2.19. The van der Waals surface area contributed by atoms with Crippen LogP contribution in [0.5, 0.6) is 5.88 Å². The van der Waals surface area contributed by atoms with Gasteiger partial charge >= 0.3 is 18.5 Å². The highest BCUT2D eigenvalue weighted by Crippen LogP contribution is 2.24. The molecule has 1 rings (SSSR count). The maximum Gasteiger partial charge on any atom is 0.406 e. The molecule has 1 amide bonds. The molecule has 0 saturated carbocycles. The number of ether oxygens (including phenoxy) is 1. The van der Waals surface area contributed by atoms with Crippen molar-refractivity contribution in [1.82, 2.24) is 9.88 Å². The van der Waals surface area contributed by atoms with E-state index in [1.165, 1.54) is 0 Å². The summed E-state index contributed by atoms with van der Waals surface area (Å²) in [6.45, 7) is -3.11. The molecule has 1 aromatic heterocycles. The number of carbonyl (C=O) groups excluding carboxylic acids is 1. The number of aromatic nitrogens is 1. The molecule has 130 valence electrons. The second-order valence-corrected chi connectivity index (χ2v) is 4.51. The standard InChI is InChI=1S/C12H11F7N2O2/c1-21(5-12(17,18)19)9(22)7-2-3-8(20-4-7)23-6-11(15,16)10(13)14/h2-4,10H,5-6H2,1H3. The Hall–Kier alpha value is -2.07. The van der Waals surface area contributed by atoms with Gasteiger partial charge in [0.25, 0.3) is 5.91 Å². The van der Waals surface area contributed by atoms with Gasteiger partial charge in [0.1, 0.15) is 6.54 Å². The molecule has 0 aliphatic rings. The van der Waals surface area contributed by atoms with Crippen LogP contribution in [-0.4, -0.2) is 54.5 Å². The highest BCUT2D eigenvalue weighted by Gasteiger charge is 2.41. The third-order valence-corrected chi connectivity index (χ3v) is 2.48. The van der Waals surface area contributed by atoms with Crippen LogP contribution in [0.15, 0.2) is 18.3 Å². The van der Waals surface area contributed by atoms with Gasteiger partial charge in [-0.1, -0.05) is 0 Å². The van der Waals surface area contributed by atoms with Crippen LogP contribution in [0.2, 0.25) is 0 Å². The minimum Gasteiger partial charge on any atom is -0.471 e. The maximum absolute atomic E-state index is 12.6. The summed E-state index contributed by atoms with van der Waals surface area (Å²) in [5.74, 6) is -5.84. The number of nitrogens with zero attached hydrogens (tertiary/aromatic N) is 2. The maximum atomic E-state index is 12.6. The molecule has 0 fully saturated rings. The molecule has 4 nitrogen and oxygen atoms in total. The Morgan fingerprint density at radius 1 is 1.26 bits per heavy atom. The Balaban J connectivity index is 2.68. The topological polar surface area (TPSA) is 42.4 Å². The number of pyridine rings is 1. The Morgan fingerprint density at radius 2 is 1.87 bits per heavy atom. The minimum atomic E-state index is -4.58. The van der Waals surface area contributed by atoms with Crippen molar-refractivity contribution in [1.29, 1.82) is 0 Å². The summed E-state index contributed by atoms with van der Waals surface area (Å²) in [4.78, 5) is 15.5. The predicted octanol–water partition coefficient (Wildman–Crippen LogP) is 3.00. The third kappa shape index (κ3) is 5.91. The van der Waals surface area contributed by atoms with Crippen molar-refractivity contribution in [2.24, 2.45) is 0 Å². The second kappa shape index (κ2) is 7.01. The molecule has 11 heteroatoms. The smallest absolute Gasteiger partial charge is 0.406 e. The van der Waals surface area contributed by atoms with Crippen molar-refractivity contribution in [2.75, 3.05) is 20.2 Å². The summed E-state index contributed by atoms with van der Waals surface area (Å²) in [6, 6.07) is 1.90. The first-order valence-electron chi connectivity index (χ1n) is 5.99. The highest BCUT2D eigenvalue weighted by atomic mass is 19.4. The van der Waals surface area contributed by atoms with Gasteiger partial charge in [-0.3, -0.25) is 4.79 Å². The molecule has 0 aromatic carbocycles. The summed E-state index contributed by atoms with van der Waals surface area (Å²) in [5.41, 5.74) is -0.246. The predicted molar refractivity (Wildman–Crippen MR) is 63.7 cm³/mol. The molecule has 0 bridgehead atoms. The molecule has 23 heavy (non-hydrogen) atoms. The first kappa shape index (κ1) is 19.0. The van der Waals surface area contributed by atoms with E-state index in [1.807, 2.05) is 0 Å². The fraction of sp³-hybridized carbons (Fsp3) is 0.500. The van der Waals surface area contributed by atoms with E-state index in [-0.39, 0.29) is 5.56 Å². The molecule has 0 N–H and O–H groups in total. The SMILES string of the molecule is CN(CC(F)(F)F)C(=O)c1ccc(OCC(F)(F)C(F)F)nc1. The zero-order chi connectivity index (χ0) is 17.8. The van der Waals surface area contributed by atoms with Crippen LogP contribution in [-0.2, 0) is 0 Å². The second-order valence-electron chi connectivity index (χ2n) is 4.51. The fourth-order valence-electron chi connectivity index (χ4n) is 1.39. The first-order valence-corrected chi connectivity index (χ1v) is 5.99. The molecule has 1 heterocycles. The van der Waals surface area contributed by atoms with Gasteiger partial charge in [-0.25, -0.2) is 13.8 Å². The van der Waals surface area contributed by atoms with Gasteiger partial charge in [0.15, 0.2) is 6.61 Å². The monoisotopic (exact) mass is 348 g/mol. The van der Waals surface area contributed by atoms with Gasteiger partial charge in [0, 0.05) is 19.3 Å². The largest absolute Gasteiger partial charge is 0.471 e. The number of rotatable bonds is 6. The van der Waals surface area contributed by atoms with E-state index in [0.717, 1.165) is 25.4 Å². The molecule has 0 atom stereocenters. The average Bonchev–Trinajstić information content (AvgIpc) is 2.43. The average molecular weight is 348 g/mol. The molecular formula is C12H11F7N2O2. The quantitative estimate of drug-likeness (QED) is 0.743. The van der Waals surface area contributed by atoms with E-state index in [9.17, 15) is 35.5 Å². The Kier molecular flexibility index (Phi) is 5.78. The molecule has 1 aromatic rings. The van der Waals surface area contributed by atoms with Crippen LogP contribution in [0, 0.1) is 0 Å². The lowest BCUT2D eigenvalue weighted by atomic mass is 10.2. The van der Waals surface area contributed by atoms with E-state index >= 15 is 0 Å². The number of amides is 1.